The summed E-state index contributed by atoms with van der Waals surface area (Å²) in [6.45, 7) is 3.58. The van der Waals surface area contributed by atoms with E-state index in [0.29, 0.717) is 36.5 Å². The van der Waals surface area contributed by atoms with Crippen LogP contribution in [-0.2, 0) is 17.8 Å². The molecule has 0 saturated carbocycles. The fourth-order valence-electron chi connectivity index (χ4n) is 4.33. The Morgan fingerprint density at radius 1 is 0.970 bits per heavy atom. The van der Waals surface area contributed by atoms with E-state index in [1.807, 2.05) is 60.4 Å². The van der Waals surface area contributed by atoms with Gasteiger partial charge in [0.05, 0.1) is 23.5 Å². The second kappa shape index (κ2) is 8.93. The molecular formula is C24H25N7O2. The number of fused-ring (bicyclic) bond motifs is 1. The largest absolute Gasteiger partial charge is 0.342 e. The van der Waals surface area contributed by atoms with E-state index in [0.717, 1.165) is 23.8 Å². The summed E-state index contributed by atoms with van der Waals surface area (Å²) >= 11 is 0. The molecule has 1 saturated heterocycles. The number of nitrogens with zero attached hydrogens (tertiary/aromatic N) is 7. The number of aryl methyl sites for hydroxylation is 1. The molecule has 168 valence electrons. The second-order valence-electron chi connectivity index (χ2n) is 8.20. The molecule has 4 aromatic rings. The number of hydrogen-bond donors (Lipinski definition) is 0. The number of carbonyl (C=O) groups excluding carboxylic acids is 1. The summed E-state index contributed by atoms with van der Waals surface area (Å²) in [5, 5.41) is 18.8. The molecule has 0 bridgehead atoms. The van der Waals surface area contributed by atoms with Gasteiger partial charge in [0.1, 0.15) is 0 Å². The molecule has 0 aliphatic carbocycles. The molecule has 0 radical (unpaired) electrons. The second-order valence-corrected chi connectivity index (χ2v) is 8.20. The highest BCUT2D eigenvalue weighted by molar-refractivity contribution is 5.88. The first-order chi connectivity index (χ1) is 16.1. The summed E-state index contributed by atoms with van der Waals surface area (Å²) in [6.07, 6.45) is 1.70. The minimum absolute atomic E-state index is 0.0175. The van der Waals surface area contributed by atoms with Crippen LogP contribution in [0.5, 0.6) is 0 Å². The molecule has 0 unspecified atom stereocenters. The fourth-order valence-corrected chi connectivity index (χ4v) is 4.33. The minimum Gasteiger partial charge on any atom is -0.342 e. The normalized spacial score (nSPS) is 14.6. The van der Waals surface area contributed by atoms with Crippen molar-refractivity contribution in [3.63, 3.8) is 0 Å². The van der Waals surface area contributed by atoms with E-state index in [-0.39, 0.29) is 23.9 Å². The zero-order valence-electron chi connectivity index (χ0n) is 18.5. The van der Waals surface area contributed by atoms with Crippen LogP contribution in [0.15, 0.2) is 59.4 Å². The summed E-state index contributed by atoms with van der Waals surface area (Å²) in [4.78, 5) is 29.2. The molecule has 0 N–H and O–H groups in total. The van der Waals surface area contributed by atoms with Crippen LogP contribution in [0.25, 0.3) is 22.2 Å². The Morgan fingerprint density at radius 2 is 1.67 bits per heavy atom. The average Bonchev–Trinajstić information content (AvgIpc) is 3.37. The average molecular weight is 444 g/mol. The lowest BCUT2D eigenvalue weighted by molar-refractivity contribution is -0.131. The third-order valence-corrected chi connectivity index (χ3v) is 6.17. The van der Waals surface area contributed by atoms with Crippen molar-refractivity contribution in [2.45, 2.75) is 38.8 Å². The maximum atomic E-state index is 13.1. The zero-order chi connectivity index (χ0) is 22.8. The molecule has 2 aromatic heterocycles. The third-order valence-electron chi connectivity index (χ3n) is 6.17. The Labute approximate surface area is 190 Å². The molecule has 3 heterocycles. The topological polar surface area (TPSA) is 98.8 Å². The first-order valence-electron chi connectivity index (χ1n) is 11.3. The van der Waals surface area contributed by atoms with Gasteiger partial charge in [-0.15, -0.1) is 10.2 Å². The first-order valence-corrected chi connectivity index (χ1v) is 11.3. The zero-order valence-corrected chi connectivity index (χ0v) is 18.5. The quantitative estimate of drug-likeness (QED) is 0.470. The third kappa shape index (κ3) is 4.13. The monoisotopic (exact) mass is 443 g/mol. The van der Waals surface area contributed by atoms with E-state index in [1.165, 1.54) is 4.68 Å². The van der Waals surface area contributed by atoms with Gasteiger partial charge >= 0.3 is 0 Å². The van der Waals surface area contributed by atoms with Gasteiger partial charge in [-0.2, -0.15) is 9.90 Å². The molecule has 33 heavy (non-hydrogen) atoms. The van der Waals surface area contributed by atoms with E-state index in [9.17, 15) is 9.59 Å². The van der Waals surface area contributed by atoms with Gasteiger partial charge in [-0.1, -0.05) is 48.5 Å². The van der Waals surface area contributed by atoms with Crippen LogP contribution in [0.2, 0.25) is 0 Å². The van der Waals surface area contributed by atoms with Crippen molar-refractivity contribution in [3.8, 4) is 11.4 Å². The van der Waals surface area contributed by atoms with Gasteiger partial charge in [-0.3, -0.25) is 9.59 Å². The van der Waals surface area contributed by atoms with E-state index in [4.69, 9.17) is 0 Å². The van der Waals surface area contributed by atoms with Crippen molar-refractivity contribution in [1.82, 2.24) is 34.9 Å². The molecule has 1 amide bonds. The highest BCUT2D eigenvalue weighted by Gasteiger charge is 2.26. The molecule has 2 aromatic carbocycles. The highest BCUT2D eigenvalue weighted by atomic mass is 16.2. The number of tetrazole rings is 1. The summed E-state index contributed by atoms with van der Waals surface area (Å²) in [6, 6.07) is 17.2. The number of hydrogen-bond acceptors (Lipinski definition) is 6. The molecular weight excluding hydrogens is 418 g/mol. The standard InChI is InChI=1S/C24H25N7O2/c1-2-30-24(33)20-11-7-6-10-19(20)21(26-30)16-22(32)29-14-12-18(13-15-29)31-27-23(25-28-31)17-8-4-3-5-9-17/h3-11,18H,2,12-16H2,1H3. The van der Waals surface area contributed by atoms with Crippen molar-refractivity contribution in [3.05, 3.63) is 70.6 Å². The van der Waals surface area contributed by atoms with Crippen molar-refractivity contribution < 1.29 is 4.79 Å². The van der Waals surface area contributed by atoms with Crippen molar-refractivity contribution in [2.75, 3.05) is 13.1 Å². The lowest BCUT2D eigenvalue weighted by Gasteiger charge is -2.31. The molecule has 1 aliphatic rings. The lowest BCUT2D eigenvalue weighted by Crippen LogP contribution is -2.40. The van der Waals surface area contributed by atoms with Gasteiger partial charge in [-0.25, -0.2) is 4.68 Å². The summed E-state index contributed by atoms with van der Waals surface area (Å²) in [5.74, 6) is 0.627. The highest BCUT2D eigenvalue weighted by Crippen LogP contribution is 2.23. The Hall–Kier alpha value is -3.88. The van der Waals surface area contributed by atoms with Gasteiger partial charge in [0, 0.05) is 30.6 Å². The first kappa shape index (κ1) is 21.0. The van der Waals surface area contributed by atoms with E-state index >= 15 is 0 Å². The molecule has 9 heteroatoms. The summed E-state index contributed by atoms with van der Waals surface area (Å²) in [5.41, 5.74) is 1.45. The number of rotatable bonds is 5. The van der Waals surface area contributed by atoms with Gasteiger partial charge in [0.15, 0.2) is 0 Å². The van der Waals surface area contributed by atoms with E-state index in [2.05, 4.69) is 20.5 Å². The predicted octanol–water partition coefficient (Wildman–Crippen LogP) is 2.48. The molecule has 0 spiro atoms. The minimum atomic E-state index is -0.125. The lowest BCUT2D eigenvalue weighted by atomic mass is 10.0. The maximum Gasteiger partial charge on any atom is 0.274 e. The Balaban J connectivity index is 1.27. The Bertz CT molecular complexity index is 1340. The Morgan fingerprint density at radius 3 is 2.39 bits per heavy atom. The summed E-state index contributed by atoms with van der Waals surface area (Å²) in [7, 11) is 0. The maximum absolute atomic E-state index is 13.1. The molecule has 9 nitrogen and oxygen atoms in total. The molecule has 1 fully saturated rings. The summed E-state index contributed by atoms with van der Waals surface area (Å²) < 4.78 is 1.43. The number of piperidine rings is 1. The number of benzene rings is 2. The fraction of sp³-hybridized carbons (Fsp3) is 0.333. The SMILES string of the molecule is CCn1nc(CC(=O)N2CCC(n3nnc(-c4ccccc4)n3)CC2)c2ccccc2c1=O. The van der Waals surface area contributed by atoms with E-state index < -0.39 is 0 Å². The molecule has 0 atom stereocenters. The number of carbonyl (C=O) groups is 1. The van der Waals surface area contributed by atoms with Crippen LogP contribution in [0, 0.1) is 0 Å². The predicted molar refractivity (Wildman–Crippen MR) is 123 cm³/mol. The van der Waals surface area contributed by atoms with Crippen LogP contribution in [0.3, 0.4) is 0 Å². The van der Waals surface area contributed by atoms with Crippen molar-refractivity contribution in [1.29, 1.82) is 0 Å². The number of aromatic nitrogens is 6. The van der Waals surface area contributed by atoms with Gasteiger partial charge in [0.2, 0.25) is 11.7 Å². The smallest absolute Gasteiger partial charge is 0.274 e. The van der Waals surface area contributed by atoms with E-state index in [1.54, 1.807) is 10.9 Å². The van der Waals surface area contributed by atoms with Crippen LogP contribution in [0.4, 0.5) is 0 Å². The molecule has 1 aliphatic heterocycles. The number of likely N-dealkylation sites (tertiary alicyclic amines) is 1. The van der Waals surface area contributed by atoms with Gasteiger partial charge in [-0.05, 0) is 31.0 Å². The molecule has 5 rings (SSSR count). The Kier molecular flexibility index (Phi) is 5.68. The van der Waals surface area contributed by atoms with Crippen LogP contribution < -0.4 is 5.56 Å². The van der Waals surface area contributed by atoms with Crippen LogP contribution in [-0.4, -0.2) is 53.9 Å². The van der Waals surface area contributed by atoms with Crippen LogP contribution in [0.1, 0.15) is 31.5 Å². The van der Waals surface area contributed by atoms with Crippen molar-refractivity contribution >= 4 is 16.7 Å². The van der Waals surface area contributed by atoms with Gasteiger partial charge in [0.25, 0.3) is 5.56 Å². The van der Waals surface area contributed by atoms with Crippen LogP contribution >= 0.6 is 0 Å². The van der Waals surface area contributed by atoms with Gasteiger partial charge < -0.3 is 4.90 Å². The van der Waals surface area contributed by atoms with Crippen molar-refractivity contribution in [2.24, 2.45) is 0 Å². The number of amides is 1.